The Morgan fingerprint density at radius 3 is 1.89 bits per heavy atom. The van der Waals surface area contributed by atoms with Gasteiger partial charge < -0.3 is 49.6 Å². The maximum atomic E-state index is 14.5. The molecule has 1 fully saturated rings. The third kappa shape index (κ3) is 19.1. The third-order valence-electron chi connectivity index (χ3n) is 13.5. The van der Waals surface area contributed by atoms with Gasteiger partial charge in [0.05, 0.1) is 18.6 Å². The van der Waals surface area contributed by atoms with Crippen molar-refractivity contribution in [3.05, 3.63) is 120 Å². The fourth-order valence-corrected chi connectivity index (χ4v) is 9.26. The topological polar surface area (TPSA) is 246 Å². The SMILES string of the molecule is CC(C)C[C@H](NC(=O)[C@@H](OC(=O)C[C@H](O)[C@H](NC(=O)[C@@H](NC(=O)OC(C)(C)C)[C@@H](C)OC(=O)[C@H](Cc1ccc2ccccc2c1)N(C)C(=O)OCc1ccccc1)C(C)C)C(C)C)C(=O)N1CCC[C@H]1C(=O)OCc1ccccc1. The number of hydrogen-bond donors (Lipinski definition) is 4. The summed E-state index contributed by atoms with van der Waals surface area (Å²) in [5.41, 5.74) is 1.19. The van der Waals surface area contributed by atoms with Crippen LogP contribution in [0.5, 0.6) is 0 Å². The highest BCUT2D eigenvalue weighted by molar-refractivity contribution is 5.93. The standard InChI is InChI=1S/C61H81N5O14/c1-37(2)31-46(56(71)66-30-20-27-47(66)57(72)76-35-41-21-14-12-15-22-41)62-55(70)53(39(5)6)79-50(68)34-49(67)51(38(3)4)63-54(69)52(64-59(74)80-61(8,9)10)40(7)78-58(73)48(33-43-28-29-44-25-18-19-26-45(44)32-43)65(11)60(75)77-36-42-23-16-13-17-24-42/h12-19,21-26,28-29,32,37-40,46-49,51-53,67H,20,27,30-31,33-36H2,1-11H3,(H,62,70)(H,63,69)(H,64,74)/t40-,46+,47+,48+,49+,51-,52+,53+/m1/s1. The van der Waals surface area contributed by atoms with E-state index >= 15 is 0 Å². The Hall–Kier alpha value is -7.54. The summed E-state index contributed by atoms with van der Waals surface area (Å²) in [5, 5.41) is 21.5. The zero-order valence-corrected chi connectivity index (χ0v) is 48.0. The van der Waals surface area contributed by atoms with Crippen molar-refractivity contribution >= 4 is 58.6 Å². The molecule has 4 aromatic carbocycles. The highest BCUT2D eigenvalue weighted by Gasteiger charge is 2.42. The number of alkyl carbamates (subject to hydrolysis) is 1. The minimum Gasteiger partial charge on any atom is -0.459 e. The van der Waals surface area contributed by atoms with E-state index in [1.165, 1.54) is 18.9 Å². The molecule has 0 radical (unpaired) electrons. The molecule has 4 N–H and O–H groups in total. The lowest BCUT2D eigenvalue weighted by Gasteiger charge is -2.33. The van der Waals surface area contributed by atoms with E-state index in [4.69, 9.17) is 23.7 Å². The van der Waals surface area contributed by atoms with E-state index in [2.05, 4.69) is 16.0 Å². The van der Waals surface area contributed by atoms with Crippen molar-refractivity contribution in [2.75, 3.05) is 13.6 Å². The molecule has 1 aliphatic rings. The summed E-state index contributed by atoms with van der Waals surface area (Å²) >= 11 is 0. The second-order valence-corrected chi connectivity index (χ2v) is 22.5. The number of nitrogens with one attached hydrogen (secondary N) is 3. The van der Waals surface area contributed by atoms with Gasteiger partial charge in [-0.2, -0.15) is 0 Å². The van der Waals surface area contributed by atoms with E-state index in [1.807, 2.05) is 92.7 Å². The minimum absolute atomic E-state index is 0.0235. The number of likely N-dealkylation sites (N-methyl/N-ethyl adjacent to an activating group) is 1. The van der Waals surface area contributed by atoms with Gasteiger partial charge in [-0.3, -0.25) is 24.1 Å². The Morgan fingerprint density at radius 2 is 1.30 bits per heavy atom. The Kier molecular flexibility index (Phi) is 23.4. The molecule has 0 spiro atoms. The molecule has 1 aliphatic heterocycles. The third-order valence-corrected chi connectivity index (χ3v) is 13.5. The van der Waals surface area contributed by atoms with Crippen molar-refractivity contribution in [3.8, 4) is 0 Å². The van der Waals surface area contributed by atoms with Crippen molar-refractivity contribution in [3.63, 3.8) is 0 Å². The first kappa shape index (κ1) is 63.3. The molecule has 4 aromatic rings. The monoisotopic (exact) mass is 1110 g/mol. The van der Waals surface area contributed by atoms with E-state index in [0.717, 1.165) is 26.8 Å². The number of ether oxygens (including phenoxy) is 5. The van der Waals surface area contributed by atoms with Crippen LogP contribution in [0.15, 0.2) is 103 Å². The Morgan fingerprint density at radius 1 is 0.700 bits per heavy atom. The van der Waals surface area contributed by atoms with E-state index < -0.39 is 120 Å². The maximum Gasteiger partial charge on any atom is 0.410 e. The van der Waals surface area contributed by atoms with E-state index in [-0.39, 0.29) is 38.5 Å². The predicted octanol–water partition coefficient (Wildman–Crippen LogP) is 7.57. The lowest BCUT2D eigenvalue weighted by atomic mass is 9.95. The number of nitrogens with zero attached hydrogens (tertiary/aromatic N) is 2. The van der Waals surface area contributed by atoms with Crippen LogP contribution in [0.25, 0.3) is 10.8 Å². The second kappa shape index (κ2) is 29.6. The normalized spacial score (nSPS) is 16.1. The molecule has 0 unspecified atom stereocenters. The second-order valence-electron chi connectivity index (χ2n) is 22.5. The maximum absolute atomic E-state index is 14.5. The average molecular weight is 1110 g/mol. The first-order valence-electron chi connectivity index (χ1n) is 27.4. The number of fused-ring (bicyclic) bond motifs is 1. The Bertz CT molecular complexity index is 2730. The number of rotatable bonds is 25. The zero-order valence-electron chi connectivity index (χ0n) is 48.0. The number of likely N-dealkylation sites (tertiary alicyclic amines) is 1. The van der Waals surface area contributed by atoms with Crippen LogP contribution < -0.4 is 16.0 Å². The Labute approximate surface area is 469 Å². The fourth-order valence-electron chi connectivity index (χ4n) is 9.26. The molecule has 5 amide bonds. The van der Waals surface area contributed by atoms with Gasteiger partial charge in [0.1, 0.15) is 49.1 Å². The van der Waals surface area contributed by atoms with Crippen LogP contribution in [-0.2, 0) is 72.1 Å². The average Bonchev–Trinajstić information content (AvgIpc) is 3.90. The molecule has 1 saturated heterocycles. The van der Waals surface area contributed by atoms with Crippen LogP contribution in [0.4, 0.5) is 9.59 Å². The van der Waals surface area contributed by atoms with Gasteiger partial charge in [0.25, 0.3) is 5.91 Å². The first-order chi connectivity index (χ1) is 37.8. The molecular formula is C61H81N5O14. The summed E-state index contributed by atoms with van der Waals surface area (Å²) in [4.78, 5) is 114. The van der Waals surface area contributed by atoms with E-state index in [9.17, 15) is 43.5 Å². The van der Waals surface area contributed by atoms with Gasteiger partial charge in [-0.05, 0) is 92.2 Å². The van der Waals surface area contributed by atoms with Crippen LogP contribution in [-0.4, -0.2) is 130 Å². The van der Waals surface area contributed by atoms with Crippen LogP contribution in [0.2, 0.25) is 0 Å². The number of benzene rings is 4. The quantitative estimate of drug-likeness (QED) is 0.0370. The number of amides is 5. The summed E-state index contributed by atoms with van der Waals surface area (Å²) < 4.78 is 28.4. The van der Waals surface area contributed by atoms with Crippen LogP contribution in [0, 0.1) is 17.8 Å². The molecule has 0 bridgehead atoms. The van der Waals surface area contributed by atoms with Gasteiger partial charge in [0.15, 0.2) is 6.10 Å². The van der Waals surface area contributed by atoms with Gasteiger partial charge in [0, 0.05) is 20.0 Å². The van der Waals surface area contributed by atoms with Crippen LogP contribution >= 0.6 is 0 Å². The van der Waals surface area contributed by atoms with Gasteiger partial charge in [-0.1, -0.05) is 145 Å². The first-order valence-corrected chi connectivity index (χ1v) is 27.4. The highest BCUT2D eigenvalue weighted by atomic mass is 16.6. The van der Waals surface area contributed by atoms with E-state index in [1.54, 1.807) is 72.7 Å². The minimum atomic E-state index is -1.66. The van der Waals surface area contributed by atoms with Crippen molar-refractivity contribution in [1.82, 2.24) is 25.8 Å². The van der Waals surface area contributed by atoms with Crippen LogP contribution in [0.3, 0.4) is 0 Å². The van der Waals surface area contributed by atoms with Crippen molar-refractivity contribution < 1.29 is 67.1 Å². The van der Waals surface area contributed by atoms with Gasteiger partial charge in [0.2, 0.25) is 11.8 Å². The van der Waals surface area contributed by atoms with Crippen LogP contribution in [0.1, 0.15) is 112 Å². The van der Waals surface area contributed by atoms with Gasteiger partial charge in [-0.25, -0.2) is 19.2 Å². The summed E-state index contributed by atoms with van der Waals surface area (Å²) in [6.45, 7) is 16.9. The summed E-state index contributed by atoms with van der Waals surface area (Å²) in [5.74, 6) is -5.85. The van der Waals surface area contributed by atoms with Crippen molar-refractivity contribution in [2.45, 2.75) is 169 Å². The number of carbonyl (C=O) groups is 8. The molecule has 19 heteroatoms. The smallest absolute Gasteiger partial charge is 0.410 e. The van der Waals surface area contributed by atoms with Crippen molar-refractivity contribution in [1.29, 1.82) is 0 Å². The van der Waals surface area contributed by atoms with E-state index in [0.29, 0.717) is 18.4 Å². The molecular weight excluding hydrogens is 1030 g/mol. The molecule has 19 nitrogen and oxygen atoms in total. The number of esters is 3. The highest BCUT2D eigenvalue weighted by Crippen LogP contribution is 2.24. The number of hydrogen-bond acceptors (Lipinski definition) is 14. The lowest BCUT2D eigenvalue weighted by Crippen LogP contribution is -2.59. The summed E-state index contributed by atoms with van der Waals surface area (Å²) in [7, 11) is 1.40. The molecule has 0 aromatic heterocycles. The Balaban J connectivity index is 1.29. The summed E-state index contributed by atoms with van der Waals surface area (Å²) in [6, 6.07) is 25.4. The molecule has 1 heterocycles. The predicted molar refractivity (Wildman–Crippen MR) is 299 cm³/mol. The zero-order chi connectivity index (χ0) is 58.8. The molecule has 434 valence electrons. The van der Waals surface area contributed by atoms with Gasteiger partial charge >= 0.3 is 30.1 Å². The molecule has 5 rings (SSSR count). The lowest BCUT2D eigenvalue weighted by molar-refractivity contribution is -0.162. The molecule has 0 saturated carbocycles. The van der Waals surface area contributed by atoms with Crippen molar-refractivity contribution in [2.24, 2.45) is 17.8 Å². The van der Waals surface area contributed by atoms with Gasteiger partial charge in [-0.15, -0.1) is 0 Å². The fraction of sp³-hybridized carbons (Fsp3) is 0.508. The molecule has 80 heavy (non-hydrogen) atoms. The number of aliphatic hydroxyl groups excluding tert-OH is 1. The number of aliphatic hydroxyl groups is 1. The molecule has 8 atom stereocenters. The largest absolute Gasteiger partial charge is 0.459 e. The molecule has 0 aliphatic carbocycles. The summed E-state index contributed by atoms with van der Waals surface area (Å²) in [6.07, 6.45) is -5.88. The number of carbonyl (C=O) groups excluding carboxylic acids is 8.